The third kappa shape index (κ3) is 1.90. The highest BCUT2D eigenvalue weighted by Crippen LogP contribution is 2.50. The molecule has 4 heteroatoms. The average molecular weight is 264 g/mol. The van der Waals surface area contributed by atoms with Crippen LogP contribution < -0.4 is 0 Å². The Kier molecular flexibility index (Phi) is 3.07. The van der Waals surface area contributed by atoms with Gasteiger partial charge in [0.15, 0.2) is 0 Å². The molecule has 0 saturated carbocycles. The van der Waals surface area contributed by atoms with Gasteiger partial charge in [-0.15, -0.1) is 0 Å². The van der Waals surface area contributed by atoms with Crippen molar-refractivity contribution in [1.29, 1.82) is 0 Å². The zero-order valence-electron chi connectivity index (χ0n) is 12.1. The van der Waals surface area contributed by atoms with Gasteiger partial charge in [-0.2, -0.15) is 0 Å². The third-order valence-corrected chi connectivity index (χ3v) is 3.55. The van der Waals surface area contributed by atoms with Gasteiger partial charge in [0.25, 0.3) is 5.60 Å². The van der Waals surface area contributed by atoms with Gasteiger partial charge < -0.3 is 9.47 Å². The average Bonchev–Trinajstić information content (AvgIpc) is 2.77. The van der Waals surface area contributed by atoms with Gasteiger partial charge in [-0.1, -0.05) is 20.8 Å². The number of carbonyl (C=O) groups excluding carboxylic acids is 2. The van der Waals surface area contributed by atoms with Gasteiger partial charge in [-0.05, 0) is 24.0 Å². The number of hydrogen-bond donors (Lipinski definition) is 0. The predicted molar refractivity (Wildman–Crippen MR) is 70.3 cm³/mol. The van der Waals surface area contributed by atoms with Crippen molar-refractivity contribution < 1.29 is 19.1 Å². The van der Waals surface area contributed by atoms with Crippen molar-refractivity contribution in [1.82, 2.24) is 0 Å². The molecule has 1 aliphatic carbocycles. The number of rotatable bonds is 2. The maximum Gasteiger partial charge on any atom is 0.304 e. The molecule has 0 aromatic rings. The molecule has 19 heavy (non-hydrogen) atoms. The van der Waals surface area contributed by atoms with E-state index in [2.05, 4.69) is 0 Å². The smallest absolute Gasteiger partial charge is 0.304 e. The molecule has 1 heterocycles. The minimum Gasteiger partial charge on any atom is -0.493 e. The molecule has 1 aliphatic heterocycles. The Bertz CT molecular complexity index is 505. The van der Waals surface area contributed by atoms with Crippen molar-refractivity contribution in [2.24, 2.45) is 5.41 Å². The molecule has 0 spiro atoms. The van der Waals surface area contributed by atoms with Gasteiger partial charge >= 0.3 is 5.97 Å². The van der Waals surface area contributed by atoms with E-state index in [1.807, 2.05) is 33.8 Å². The van der Waals surface area contributed by atoms with Crippen molar-refractivity contribution in [2.75, 3.05) is 6.61 Å². The summed E-state index contributed by atoms with van der Waals surface area (Å²) in [6, 6.07) is 0. The molecular weight excluding hydrogens is 244 g/mol. The second kappa shape index (κ2) is 4.22. The summed E-state index contributed by atoms with van der Waals surface area (Å²) in [5, 5.41) is 0. The van der Waals surface area contributed by atoms with E-state index in [4.69, 9.17) is 9.47 Å². The minimum atomic E-state index is -1.30. The van der Waals surface area contributed by atoms with E-state index in [0.29, 0.717) is 12.4 Å². The lowest BCUT2D eigenvalue weighted by molar-refractivity contribution is -0.163. The number of carbonyl (C=O) groups is 2. The Hall–Kier alpha value is -1.58. The normalized spacial score (nSPS) is 26.8. The highest BCUT2D eigenvalue weighted by Gasteiger charge is 2.61. The van der Waals surface area contributed by atoms with Gasteiger partial charge in [-0.3, -0.25) is 9.59 Å². The Morgan fingerprint density at radius 3 is 2.42 bits per heavy atom. The predicted octanol–water partition coefficient (Wildman–Crippen LogP) is 2.54. The number of ketones is 1. The molecule has 0 bridgehead atoms. The van der Waals surface area contributed by atoms with Crippen LogP contribution in [0, 0.1) is 5.41 Å². The van der Waals surface area contributed by atoms with Crippen molar-refractivity contribution in [3.63, 3.8) is 0 Å². The SMILES string of the molecule is CC(=O)OC1(C2=CCCO2)C(=O)C(C(C)(C)C)=C1C. The Labute approximate surface area is 113 Å². The van der Waals surface area contributed by atoms with Crippen molar-refractivity contribution in [3.8, 4) is 0 Å². The highest BCUT2D eigenvalue weighted by molar-refractivity contribution is 6.16. The molecule has 0 amide bonds. The summed E-state index contributed by atoms with van der Waals surface area (Å²) in [4.78, 5) is 24.0. The first-order chi connectivity index (χ1) is 8.71. The first-order valence-corrected chi connectivity index (χ1v) is 6.51. The van der Waals surface area contributed by atoms with E-state index in [1.54, 1.807) is 0 Å². The zero-order chi connectivity index (χ0) is 14.4. The number of esters is 1. The standard InChI is InChI=1S/C15H20O4/c1-9-12(14(3,4)5)13(17)15(9,19-10(2)16)11-7-6-8-18-11/h7H,6,8H2,1-5H3. The van der Waals surface area contributed by atoms with E-state index in [-0.39, 0.29) is 11.2 Å². The monoisotopic (exact) mass is 264 g/mol. The lowest BCUT2D eigenvalue weighted by atomic mass is 9.63. The summed E-state index contributed by atoms with van der Waals surface area (Å²) in [5.74, 6) is -0.156. The minimum absolute atomic E-state index is 0.152. The van der Waals surface area contributed by atoms with Gasteiger partial charge in [0.2, 0.25) is 5.78 Å². The molecule has 2 rings (SSSR count). The second-order valence-corrected chi connectivity index (χ2v) is 6.06. The van der Waals surface area contributed by atoms with Crippen LogP contribution in [0.3, 0.4) is 0 Å². The summed E-state index contributed by atoms with van der Waals surface area (Å²) in [5.41, 5.74) is -0.0481. The molecule has 1 unspecified atom stereocenters. The van der Waals surface area contributed by atoms with Crippen LogP contribution in [0.4, 0.5) is 0 Å². The van der Waals surface area contributed by atoms with E-state index < -0.39 is 11.6 Å². The molecule has 104 valence electrons. The first kappa shape index (κ1) is 13.8. The lowest BCUT2D eigenvalue weighted by Crippen LogP contribution is -2.57. The number of Topliss-reactive ketones (excluding diaryl/α,β-unsaturated/α-hetero) is 1. The molecule has 2 aliphatic rings. The van der Waals surface area contributed by atoms with Crippen LogP contribution in [0.1, 0.15) is 41.0 Å². The first-order valence-electron chi connectivity index (χ1n) is 6.51. The largest absolute Gasteiger partial charge is 0.493 e. The Morgan fingerprint density at radius 1 is 1.42 bits per heavy atom. The molecule has 0 aromatic carbocycles. The molecular formula is C15H20O4. The van der Waals surface area contributed by atoms with Crippen molar-refractivity contribution in [2.45, 2.75) is 46.6 Å². The fourth-order valence-corrected chi connectivity index (χ4v) is 2.88. The maximum absolute atomic E-state index is 12.6. The van der Waals surface area contributed by atoms with Crippen LogP contribution in [0.5, 0.6) is 0 Å². The topological polar surface area (TPSA) is 52.6 Å². The van der Waals surface area contributed by atoms with Crippen molar-refractivity contribution in [3.05, 3.63) is 23.0 Å². The van der Waals surface area contributed by atoms with Crippen LogP contribution in [-0.4, -0.2) is 24.0 Å². The van der Waals surface area contributed by atoms with Crippen LogP contribution in [0.15, 0.2) is 23.0 Å². The summed E-state index contributed by atoms with van der Waals surface area (Å²) in [6.07, 6.45) is 2.58. The molecule has 0 aromatic heterocycles. The third-order valence-electron chi connectivity index (χ3n) is 3.55. The highest BCUT2D eigenvalue weighted by atomic mass is 16.6. The van der Waals surface area contributed by atoms with Gasteiger partial charge in [-0.25, -0.2) is 0 Å². The maximum atomic E-state index is 12.6. The second-order valence-electron chi connectivity index (χ2n) is 6.06. The molecule has 0 saturated heterocycles. The summed E-state index contributed by atoms with van der Waals surface area (Å²) in [7, 11) is 0. The lowest BCUT2D eigenvalue weighted by Gasteiger charge is -2.45. The Balaban J connectivity index is 2.51. The van der Waals surface area contributed by atoms with Crippen LogP contribution >= 0.6 is 0 Å². The summed E-state index contributed by atoms with van der Waals surface area (Å²) < 4.78 is 10.9. The number of hydrogen-bond acceptors (Lipinski definition) is 4. The van der Waals surface area contributed by atoms with E-state index in [0.717, 1.165) is 17.6 Å². The van der Waals surface area contributed by atoms with E-state index >= 15 is 0 Å². The van der Waals surface area contributed by atoms with Crippen LogP contribution in [0.2, 0.25) is 0 Å². The van der Waals surface area contributed by atoms with Gasteiger partial charge in [0.05, 0.1) is 6.61 Å². The number of ether oxygens (including phenoxy) is 2. The molecule has 0 radical (unpaired) electrons. The van der Waals surface area contributed by atoms with Crippen LogP contribution in [0.25, 0.3) is 0 Å². The zero-order valence-corrected chi connectivity index (χ0v) is 12.1. The fraction of sp³-hybridized carbons (Fsp3) is 0.600. The Morgan fingerprint density at radius 2 is 2.05 bits per heavy atom. The van der Waals surface area contributed by atoms with E-state index in [1.165, 1.54) is 6.92 Å². The van der Waals surface area contributed by atoms with E-state index in [9.17, 15) is 9.59 Å². The molecule has 4 nitrogen and oxygen atoms in total. The molecule has 0 N–H and O–H groups in total. The summed E-state index contributed by atoms with van der Waals surface area (Å²) in [6.45, 7) is 9.62. The summed E-state index contributed by atoms with van der Waals surface area (Å²) >= 11 is 0. The molecule has 1 atom stereocenters. The quantitative estimate of drug-likeness (QED) is 0.719. The van der Waals surface area contributed by atoms with Gasteiger partial charge in [0, 0.05) is 18.9 Å². The van der Waals surface area contributed by atoms with Crippen LogP contribution in [-0.2, 0) is 19.1 Å². The van der Waals surface area contributed by atoms with Gasteiger partial charge in [0.1, 0.15) is 5.76 Å². The fourth-order valence-electron chi connectivity index (χ4n) is 2.88. The molecule has 0 fully saturated rings. The van der Waals surface area contributed by atoms with Crippen molar-refractivity contribution >= 4 is 11.8 Å².